The Kier molecular flexibility index (Phi) is 3.74. The highest BCUT2D eigenvalue weighted by Gasteiger charge is 2.11. The van der Waals surface area contributed by atoms with Crippen molar-refractivity contribution in [2.75, 3.05) is 13.3 Å². The fraction of sp³-hybridized carbons (Fsp3) is 0.273. The molecule has 1 aromatic carbocycles. The van der Waals surface area contributed by atoms with Crippen molar-refractivity contribution in [3.05, 3.63) is 29.1 Å². The van der Waals surface area contributed by atoms with Gasteiger partial charge in [0.2, 0.25) is 0 Å². The van der Waals surface area contributed by atoms with Crippen molar-refractivity contribution < 1.29 is 8.42 Å². The molecule has 0 saturated heterocycles. The summed E-state index contributed by atoms with van der Waals surface area (Å²) in [5.41, 5.74) is 1.68. The number of rotatable bonds is 4. The Morgan fingerprint density at radius 1 is 1.28 bits per heavy atom. The molecule has 2 rings (SSSR count). The van der Waals surface area contributed by atoms with Gasteiger partial charge < -0.3 is 5.32 Å². The van der Waals surface area contributed by atoms with E-state index in [0.29, 0.717) is 11.4 Å². The molecule has 0 saturated carbocycles. The third-order valence-electron chi connectivity index (χ3n) is 2.45. The first kappa shape index (κ1) is 13.1. The van der Waals surface area contributed by atoms with Crippen LogP contribution in [0, 0.1) is 0 Å². The first-order chi connectivity index (χ1) is 8.52. The summed E-state index contributed by atoms with van der Waals surface area (Å²) in [4.78, 5) is 1.34. The second-order valence-corrected chi connectivity index (χ2v) is 6.73. The number of nitrogens with zero attached hydrogens (tertiary/aromatic N) is 2. The predicted molar refractivity (Wildman–Crippen MR) is 71.2 cm³/mol. The van der Waals surface area contributed by atoms with Crippen molar-refractivity contribution in [1.82, 2.24) is 14.9 Å². The summed E-state index contributed by atoms with van der Waals surface area (Å²) in [6.07, 6.45) is 1.19. The Morgan fingerprint density at radius 3 is 2.50 bits per heavy atom. The molecule has 0 aliphatic carbocycles. The molecule has 0 aliphatic rings. The molecule has 1 N–H and O–H groups in total. The SMILES string of the molecule is CNCc1snnc1-c1ccc(S(C)(=O)=O)cc1. The Morgan fingerprint density at radius 2 is 1.94 bits per heavy atom. The lowest BCUT2D eigenvalue weighted by molar-refractivity contribution is 0.602. The highest BCUT2D eigenvalue weighted by atomic mass is 32.2. The lowest BCUT2D eigenvalue weighted by Crippen LogP contribution is -2.04. The van der Waals surface area contributed by atoms with Gasteiger partial charge in [0, 0.05) is 18.4 Å². The molecular formula is C11H13N3O2S2. The van der Waals surface area contributed by atoms with E-state index in [1.807, 2.05) is 7.05 Å². The molecule has 18 heavy (non-hydrogen) atoms. The van der Waals surface area contributed by atoms with Gasteiger partial charge in [0.05, 0.1) is 9.77 Å². The van der Waals surface area contributed by atoms with E-state index in [0.717, 1.165) is 16.1 Å². The Balaban J connectivity index is 2.37. The summed E-state index contributed by atoms with van der Waals surface area (Å²) in [6.45, 7) is 0.695. The third-order valence-corrected chi connectivity index (χ3v) is 4.30. The van der Waals surface area contributed by atoms with Crippen LogP contribution in [0.1, 0.15) is 4.88 Å². The first-order valence-corrected chi connectivity index (χ1v) is 7.95. The van der Waals surface area contributed by atoms with E-state index in [2.05, 4.69) is 14.9 Å². The molecule has 96 valence electrons. The Bertz CT molecular complexity index is 633. The van der Waals surface area contributed by atoms with Crippen LogP contribution in [0.4, 0.5) is 0 Å². The average molecular weight is 283 g/mol. The molecule has 2 aromatic rings. The molecule has 0 fully saturated rings. The van der Waals surface area contributed by atoms with Crippen molar-refractivity contribution >= 4 is 21.4 Å². The summed E-state index contributed by atoms with van der Waals surface area (Å²) in [5.74, 6) is 0. The zero-order valence-corrected chi connectivity index (χ0v) is 11.7. The van der Waals surface area contributed by atoms with Crippen LogP contribution in [0.25, 0.3) is 11.3 Å². The van der Waals surface area contributed by atoms with E-state index in [4.69, 9.17) is 0 Å². The number of nitrogens with one attached hydrogen (secondary N) is 1. The predicted octanol–water partition coefficient (Wildman–Crippen LogP) is 1.33. The van der Waals surface area contributed by atoms with Crippen LogP contribution in [0.5, 0.6) is 0 Å². The molecule has 0 atom stereocenters. The summed E-state index contributed by atoms with van der Waals surface area (Å²) < 4.78 is 26.7. The van der Waals surface area contributed by atoms with E-state index in [1.54, 1.807) is 24.3 Å². The maximum Gasteiger partial charge on any atom is 0.175 e. The number of hydrogen-bond acceptors (Lipinski definition) is 6. The van der Waals surface area contributed by atoms with Gasteiger partial charge in [-0.1, -0.05) is 16.6 Å². The van der Waals surface area contributed by atoms with E-state index >= 15 is 0 Å². The van der Waals surface area contributed by atoms with Crippen LogP contribution in [0.15, 0.2) is 29.2 Å². The molecule has 0 amide bonds. The van der Waals surface area contributed by atoms with Gasteiger partial charge in [0.25, 0.3) is 0 Å². The Labute approximate surface area is 110 Å². The maximum absolute atomic E-state index is 11.4. The van der Waals surface area contributed by atoms with Gasteiger partial charge >= 0.3 is 0 Å². The van der Waals surface area contributed by atoms with Gasteiger partial charge in [0.15, 0.2) is 9.84 Å². The van der Waals surface area contributed by atoms with Gasteiger partial charge in [-0.25, -0.2) is 8.42 Å². The number of hydrogen-bond donors (Lipinski definition) is 1. The van der Waals surface area contributed by atoms with Gasteiger partial charge in [-0.2, -0.15) is 0 Å². The molecule has 0 bridgehead atoms. The van der Waals surface area contributed by atoms with Crippen LogP contribution >= 0.6 is 11.5 Å². The van der Waals surface area contributed by atoms with Crippen LogP contribution < -0.4 is 5.32 Å². The minimum Gasteiger partial charge on any atom is -0.315 e. The van der Waals surface area contributed by atoms with E-state index in [-0.39, 0.29) is 0 Å². The van der Waals surface area contributed by atoms with E-state index < -0.39 is 9.84 Å². The lowest BCUT2D eigenvalue weighted by Gasteiger charge is -2.02. The largest absolute Gasteiger partial charge is 0.315 e. The molecule has 0 aliphatic heterocycles. The minimum atomic E-state index is -3.15. The second kappa shape index (κ2) is 5.13. The van der Waals surface area contributed by atoms with Gasteiger partial charge in [0.1, 0.15) is 5.69 Å². The van der Waals surface area contributed by atoms with Crippen molar-refractivity contribution in [1.29, 1.82) is 0 Å². The first-order valence-electron chi connectivity index (χ1n) is 5.28. The quantitative estimate of drug-likeness (QED) is 0.916. The molecule has 7 heteroatoms. The van der Waals surface area contributed by atoms with Gasteiger partial charge in [-0.15, -0.1) is 5.10 Å². The van der Waals surface area contributed by atoms with E-state index in [9.17, 15) is 8.42 Å². The van der Waals surface area contributed by atoms with Crippen molar-refractivity contribution in [3.8, 4) is 11.3 Å². The van der Waals surface area contributed by atoms with Crippen molar-refractivity contribution in [2.45, 2.75) is 11.4 Å². The second-order valence-electron chi connectivity index (χ2n) is 3.87. The summed E-state index contributed by atoms with van der Waals surface area (Å²) in [6, 6.07) is 6.69. The average Bonchev–Trinajstić information content (AvgIpc) is 2.77. The standard InChI is InChI=1S/C11H13N3O2S2/c1-12-7-10-11(13-14-17-10)8-3-5-9(6-4-8)18(2,15)16/h3-6,12H,7H2,1-2H3. The van der Waals surface area contributed by atoms with Crippen molar-refractivity contribution in [2.24, 2.45) is 0 Å². The fourth-order valence-corrected chi connectivity index (χ4v) is 2.87. The van der Waals surface area contributed by atoms with E-state index in [1.165, 1.54) is 17.8 Å². The topological polar surface area (TPSA) is 72.0 Å². The fourth-order valence-electron chi connectivity index (χ4n) is 1.56. The third kappa shape index (κ3) is 2.74. The molecule has 0 radical (unpaired) electrons. The maximum atomic E-state index is 11.4. The molecule has 0 unspecified atom stereocenters. The highest BCUT2D eigenvalue weighted by molar-refractivity contribution is 7.90. The smallest absolute Gasteiger partial charge is 0.175 e. The molecule has 1 aromatic heterocycles. The normalized spacial score (nSPS) is 11.7. The summed E-state index contributed by atoms with van der Waals surface area (Å²) in [5, 5.41) is 7.13. The summed E-state index contributed by atoms with van der Waals surface area (Å²) >= 11 is 1.34. The lowest BCUT2D eigenvalue weighted by atomic mass is 10.1. The zero-order valence-electron chi connectivity index (χ0n) is 10.0. The van der Waals surface area contributed by atoms with Crippen LogP contribution in [-0.2, 0) is 16.4 Å². The Hall–Kier alpha value is -1.31. The zero-order chi connectivity index (χ0) is 13.2. The number of benzene rings is 1. The monoisotopic (exact) mass is 283 g/mol. The molecule has 1 heterocycles. The minimum absolute atomic E-state index is 0.310. The molecule has 0 spiro atoms. The van der Waals surface area contributed by atoms with Crippen molar-refractivity contribution in [3.63, 3.8) is 0 Å². The number of sulfone groups is 1. The molecule has 5 nitrogen and oxygen atoms in total. The van der Waals surface area contributed by atoms with Crippen LogP contribution in [0.2, 0.25) is 0 Å². The number of aromatic nitrogens is 2. The highest BCUT2D eigenvalue weighted by Crippen LogP contribution is 2.24. The van der Waals surface area contributed by atoms with Crippen LogP contribution in [0.3, 0.4) is 0 Å². The van der Waals surface area contributed by atoms with Gasteiger partial charge in [-0.05, 0) is 30.7 Å². The van der Waals surface area contributed by atoms with Gasteiger partial charge in [-0.3, -0.25) is 0 Å². The summed E-state index contributed by atoms with van der Waals surface area (Å²) in [7, 11) is -1.30. The van der Waals surface area contributed by atoms with Crippen LogP contribution in [-0.4, -0.2) is 31.3 Å². The molecular weight excluding hydrogens is 270 g/mol.